The lowest BCUT2D eigenvalue weighted by atomic mass is 10.1. The van der Waals surface area contributed by atoms with Crippen molar-refractivity contribution in [1.82, 2.24) is 0 Å². The van der Waals surface area contributed by atoms with Crippen molar-refractivity contribution in [2.75, 3.05) is 26.4 Å². The molecule has 1 unspecified atom stereocenters. The van der Waals surface area contributed by atoms with Crippen LogP contribution >= 0.6 is 0 Å². The molecule has 2 rings (SSSR count). The van der Waals surface area contributed by atoms with E-state index < -0.39 is 6.10 Å². The van der Waals surface area contributed by atoms with Gasteiger partial charge in [-0.3, -0.25) is 0 Å². The van der Waals surface area contributed by atoms with Crippen LogP contribution in [0.25, 0.3) is 0 Å². The first-order valence-corrected chi connectivity index (χ1v) is 5.46. The Morgan fingerprint density at radius 1 is 1.44 bits per heavy atom. The molecule has 1 heterocycles. The van der Waals surface area contributed by atoms with Gasteiger partial charge in [0.05, 0.1) is 6.61 Å². The Labute approximate surface area is 94.8 Å². The third kappa shape index (κ3) is 2.46. The molecule has 1 aromatic carbocycles. The number of fused-ring (bicyclic) bond motifs is 1. The van der Waals surface area contributed by atoms with E-state index >= 15 is 0 Å². The Kier molecular flexibility index (Phi) is 3.64. The molecule has 1 aliphatic heterocycles. The standard InChI is InChI=1S/C12H16O4/c1-2-14-5-6-15-9-3-4-10-11(13)8-16-12(10)7-9/h3-4,7,11,13H,2,5-6,8H2,1H3. The summed E-state index contributed by atoms with van der Waals surface area (Å²) < 4.78 is 16.0. The van der Waals surface area contributed by atoms with E-state index in [-0.39, 0.29) is 0 Å². The summed E-state index contributed by atoms with van der Waals surface area (Å²) in [4.78, 5) is 0. The highest BCUT2D eigenvalue weighted by molar-refractivity contribution is 5.44. The van der Waals surface area contributed by atoms with E-state index in [1.807, 2.05) is 19.1 Å². The van der Waals surface area contributed by atoms with Crippen molar-refractivity contribution in [3.8, 4) is 11.5 Å². The van der Waals surface area contributed by atoms with E-state index in [2.05, 4.69) is 0 Å². The van der Waals surface area contributed by atoms with Crippen molar-refractivity contribution >= 4 is 0 Å². The van der Waals surface area contributed by atoms with Crippen LogP contribution in [0.5, 0.6) is 11.5 Å². The van der Waals surface area contributed by atoms with Gasteiger partial charge in [-0.2, -0.15) is 0 Å². The van der Waals surface area contributed by atoms with Gasteiger partial charge in [-0.1, -0.05) is 0 Å². The lowest BCUT2D eigenvalue weighted by molar-refractivity contribution is 0.110. The summed E-state index contributed by atoms with van der Waals surface area (Å²) in [7, 11) is 0. The van der Waals surface area contributed by atoms with Crippen molar-refractivity contribution in [3.63, 3.8) is 0 Å². The predicted octanol–water partition coefficient (Wildman–Crippen LogP) is 1.53. The zero-order valence-electron chi connectivity index (χ0n) is 9.31. The quantitative estimate of drug-likeness (QED) is 0.770. The SMILES string of the molecule is CCOCCOc1ccc2c(c1)OCC2O. The molecule has 0 aliphatic carbocycles. The average Bonchev–Trinajstić information content (AvgIpc) is 2.66. The van der Waals surface area contributed by atoms with Crippen LogP contribution in [0.4, 0.5) is 0 Å². The molecule has 0 bridgehead atoms. The van der Waals surface area contributed by atoms with Gasteiger partial charge in [0.15, 0.2) is 0 Å². The van der Waals surface area contributed by atoms with Crippen LogP contribution < -0.4 is 9.47 Å². The molecule has 16 heavy (non-hydrogen) atoms. The summed E-state index contributed by atoms with van der Waals surface area (Å²) in [6.45, 7) is 4.08. The number of aliphatic hydroxyl groups is 1. The number of aliphatic hydroxyl groups excluding tert-OH is 1. The molecule has 4 heteroatoms. The Morgan fingerprint density at radius 3 is 3.12 bits per heavy atom. The minimum Gasteiger partial charge on any atom is -0.491 e. The maximum Gasteiger partial charge on any atom is 0.129 e. The van der Waals surface area contributed by atoms with E-state index in [0.29, 0.717) is 32.2 Å². The van der Waals surface area contributed by atoms with Crippen LogP contribution in [0.2, 0.25) is 0 Å². The minimum atomic E-state index is -0.507. The topological polar surface area (TPSA) is 47.9 Å². The Morgan fingerprint density at radius 2 is 2.31 bits per heavy atom. The highest BCUT2D eigenvalue weighted by atomic mass is 16.5. The second-order valence-electron chi connectivity index (χ2n) is 3.57. The highest BCUT2D eigenvalue weighted by Crippen LogP contribution is 2.34. The number of ether oxygens (including phenoxy) is 3. The first kappa shape index (κ1) is 11.2. The molecule has 1 atom stereocenters. The van der Waals surface area contributed by atoms with Crippen LogP contribution in [-0.4, -0.2) is 31.5 Å². The smallest absolute Gasteiger partial charge is 0.129 e. The molecule has 1 aliphatic rings. The van der Waals surface area contributed by atoms with E-state index in [4.69, 9.17) is 14.2 Å². The largest absolute Gasteiger partial charge is 0.491 e. The normalized spacial score (nSPS) is 18.0. The first-order chi connectivity index (χ1) is 7.81. The Balaban J connectivity index is 1.92. The zero-order chi connectivity index (χ0) is 11.4. The summed E-state index contributed by atoms with van der Waals surface area (Å²) in [6, 6.07) is 5.48. The van der Waals surface area contributed by atoms with E-state index in [0.717, 1.165) is 11.3 Å². The Bertz CT molecular complexity index is 351. The zero-order valence-corrected chi connectivity index (χ0v) is 9.31. The molecule has 0 fully saturated rings. The lowest BCUT2D eigenvalue weighted by Crippen LogP contribution is -2.06. The van der Waals surface area contributed by atoms with E-state index in [1.54, 1.807) is 6.07 Å². The van der Waals surface area contributed by atoms with Gasteiger partial charge in [0.25, 0.3) is 0 Å². The summed E-state index contributed by atoms with van der Waals surface area (Å²) >= 11 is 0. The molecule has 0 amide bonds. The molecule has 1 aromatic rings. The molecule has 88 valence electrons. The lowest BCUT2D eigenvalue weighted by Gasteiger charge is -2.07. The number of benzene rings is 1. The van der Waals surface area contributed by atoms with Gasteiger partial charge >= 0.3 is 0 Å². The maximum absolute atomic E-state index is 9.53. The predicted molar refractivity (Wildman–Crippen MR) is 58.9 cm³/mol. The molecule has 0 aromatic heterocycles. The summed E-state index contributed by atoms with van der Waals surface area (Å²) in [5, 5.41) is 9.53. The fourth-order valence-electron chi connectivity index (χ4n) is 1.63. The van der Waals surface area contributed by atoms with Crippen LogP contribution in [0.1, 0.15) is 18.6 Å². The molecule has 1 N–H and O–H groups in total. The second-order valence-corrected chi connectivity index (χ2v) is 3.57. The molecule has 0 saturated carbocycles. The van der Waals surface area contributed by atoms with Gasteiger partial charge < -0.3 is 19.3 Å². The molecule has 0 spiro atoms. The van der Waals surface area contributed by atoms with Crippen LogP contribution in [0, 0.1) is 0 Å². The van der Waals surface area contributed by atoms with Crippen LogP contribution in [0.3, 0.4) is 0 Å². The number of rotatable bonds is 5. The van der Waals surface area contributed by atoms with Gasteiger partial charge in [-0.25, -0.2) is 0 Å². The fraction of sp³-hybridized carbons (Fsp3) is 0.500. The Hall–Kier alpha value is -1.26. The van der Waals surface area contributed by atoms with Crippen molar-refractivity contribution < 1.29 is 19.3 Å². The molecule has 0 saturated heterocycles. The van der Waals surface area contributed by atoms with Crippen LogP contribution in [0.15, 0.2) is 18.2 Å². The van der Waals surface area contributed by atoms with Crippen molar-refractivity contribution in [1.29, 1.82) is 0 Å². The highest BCUT2D eigenvalue weighted by Gasteiger charge is 2.21. The fourth-order valence-corrected chi connectivity index (χ4v) is 1.63. The van der Waals surface area contributed by atoms with Crippen LogP contribution in [-0.2, 0) is 4.74 Å². The summed E-state index contributed by atoms with van der Waals surface area (Å²) in [5.41, 5.74) is 0.831. The van der Waals surface area contributed by atoms with Gasteiger partial charge in [-0.05, 0) is 19.1 Å². The van der Waals surface area contributed by atoms with E-state index in [9.17, 15) is 5.11 Å². The summed E-state index contributed by atoms with van der Waals surface area (Å²) in [6.07, 6.45) is -0.507. The maximum atomic E-state index is 9.53. The summed E-state index contributed by atoms with van der Waals surface area (Å²) in [5.74, 6) is 1.45. The minimum absolute atomic E-state index is 0.331. The van der Waals surface area contributed by atoms with Crippen molar-refractivity contribution in [2.45, 2.75) is 13.0 Å². The van der Waals surface area contributed by atoms with Gasteiger partial charge in [0.1, 0.15) is 30.8 Å². The molecule has 0 radical (unpaired) electrons. The average molecular weight is 224 g/mol. The molecular formula is C12H16O4. The van der Waals surface area contributed by atoms with Gasteiger partial charge in [-0.15, -0.1) is 0 Å². The molecular weight excluding hydrogens is 208 g/mol. The molecule has 4 nitrogen and oxygen atoms in total. The third-order valence-electron chi connectivity index (χ3n) is 2.44. The van der Waals surface area contributed by atoms with Gasteiger partial charge in [0, 0.05) is 18.2 Å². The number of hydrogen-bond acceptors (Lipinski definition) is 4. The number of hydrogen-bond donors (Lipinski definition) is 1. The first-order valence-electron chi connectivity index (χ1n) is 5.46. The van der Waals surface area contributed by atoms with E-state index in [1.165, 1.54) is 0 Å². The second kappa shape index (κ2) is 5.18. The van der Waals surface area contributed by atoms with Crippen molar-refractivity contribution in [3.05, 3.63) is 23.8 Å². The third-order valence-corrected chi connectivity index (χ3v) is 2.44. The van der Waals surface area contributed by atoms with Crippen molar-refractivity contribution in [2.24, 2.45) is 0 Å². The monoisotopic (exact) mass is 224 g/mol. The van der Waals surface area contributed by atoms with Gasteiger partial charge in [0.2, 0.25) is 0 Å².